The van der Waals surface area contributed by atoms with E-state index in [1.807, 2.05) is 24.0 Å². The van der Waals surface area contributed by atoms with E-state index in [1.165, 1.54) is 4.31 Å². The summed E-state index contributed by atoms with van der Waals surface area (Å²) in [6, 6.07) is 12.4. The van der Waals surface area contributed by atoms with Crippen molar-refractivity contribution in [3.8, 4) is 11.5 Å². The number of amides is 1. The number of anilines is 1. The van der Waals surface area contributed by atoms with E-state index in [4.69, 9.17) is 9.47 Å². The van der Waals surface area contributed by atoms with Crippen LogP contribution in [0, 0.1) is 6.92 Å². The average Bonchev–Trinajstić information content (AvgIpc) is 3.26. The molecule has 1 aromatic heterocycles. The molecule has 0 bridgehead atoms. The molecule has 1 N–H and O–H groups in total. The minimum Gasteiger partial charge on any atom is -0.454 e. The lowest BCUT2D eigenvalue weighted by Crippen LogP contribution is -2.50. The van der Waals surface area contributed by atoms with Crippen LogP contribution in [0.2, 0.25) is 0 Å². The number of carbonyl (C=O) groups excluding carboxylic acids is 1. The van der Waals surface area contributed by atoms with E-state index in [-0.39, 0.29) is 24.1 Å². The predicted molar refractivity (Wildman–Crippen MR) is 123 cm³/mol. The molecule has 0 radical (unpaired) electrons. The molecular formula is C23H24N4O5S. The van der Waals surface area contributed by atoms with Crippen molar-refractivity contribution in [3.05, 3.63) is 54.2 Å². The van der Waals surface area contributed by atoms with Crippen molar-refractivity contribution in [2.24, 2.45) is 0 Å². The summed E-state index contributed by atoms with van der Waals surface area (Å²) < 4.78 is 38.7. The van der Waals surface area contributed by atoms with Gasteiger partial charge in [0.1, 0.15) is 4.90 Å². The summed E-state index contributed by atoms with van der Waals surface area (Å²) in [5.41, 5.74) is 2.09. The first-order chi connectivity index (χ1) is 15.9. The number of hydrogen-bond donors (Lipinski definition) is 1. The first-order valence-corrected chi connectivity index (χ1v) is 12.1. The van der Waals surface area contributed by atoms with Gasteiger partial charge in [-0.25, -0.2) is 8.42 Å². The molecule has 3 aromatic rings. The molecule has 0 atom stereocenters. The average molecular weight is 469 g/mol. The molecule has 2 aromatic carbocycles. The van der Waals surface area contributed by atoms with Crippen molar-refractivity contribution < 1.29 is 22.7 Å². The number of carbonyl (C=O) groups is 1. The molecule has 1 saturated heterocycles. The van der Waals surface area contributed by atoms with Gasteiger partial charge >= 0.3 is 0 Å². The number of piperazine rings is 1. The van der Waals surface area contributed by atoms with Crippen LogP contribution >= 0.6 is 0 Å². The molecule has 172 valence electrons. The van der Waals surface area contributed by atoms with Crippen molar-refractivity contribution in [2.75, 3.05) is 44.8 Å². The Hall–Kier alpha value is -3.21. The molecule has 0 saturated carbocycles. The number of hydrogen-bond acceptors (Lipinski definition) is 7. The monoisotopic (exact) mass is 468 g/mol. The van der Waals surface area contributed by atoms with Crippen molar-refractivity contribution >= 4 is 32.5 Å². The topological polar surface area (TPSA) is 101 Å². The van der Waals surface area contributed by atoms with Crippen molar-refractivity contribution in [3.63, 3.8) is 0 Å². The van der Waals surface area contributed by atoms with Gasteiger partial charge in [0.15, 0.2) is 11.5 Å². The fourth-order valence-corrected chi connectivity index (χ4v) is 5.68. The van der Waals surface area contributed by atoms with E-state index in [1.54, 1.807) is 36.5 Å². The predicted octanol–water partition coefficient (Wildman–Crippen LogP) is 2.22. The second-order valence-electron chi connectivity index (χ2n) is 8.14. The summed E-state index contributed by atoms with van der Waals surface area (Å²) in [5, 5.41) is 3.66. The Kier molecular flexibility index (Phi) is 5.65. The van der Waals surface area contributed by atoms with E-state index in [9.17, 15) is 13.2 Å². The van der Waals surface area contributed by atoms with Gasteiger partial charge in [0, 0.05) is 49.5 Å². The highest BCUT2D eigenvalue weighted by molar-refractivity contribution is 7.89. The quantitative estimate of drug-likeness (QED) is 0.613. The first kappa shape index (κ1) is 21.6. The van der Waals surface area contributed by atoms with Crippen LogP contribution in [-0.2, 0) is 14.8 Å². The standard InChI is InChI=1S/C23H24N4O5S/c1-16-11-17-3-2-4-21(23(17)24-13-16)33(29,30)27-9-7-26(8-10-27)14-22(28)25-18-5-6-19-20(12-18)32-15-31-19/h2-6,11-13H,7-10,14-15H2,1H3,(H,25,28). The van der Waals surface area contributed by atoms with Crippen LogP contribution in [-0.4, -0.2) is 68.0 Å². The maximum absolute atomic E-state index is 13.3. The number of nitrogens with one attached hydrogen (secondary N) is 1. The Bertz CT molecular complexity index is 1320. The summed E-state index contributed by atoms with van der Waals surface area (Å²) in [6.45, 7) is 3.82. The molecule has 2 aliphatic heterocycles. The largest absolute Gasteiger partial charge is 0.454 e. The number of rotatable bonds is 5. The Labute approximate surface area is 192 Å². The molecule has 33 heavy (non-hydrogen) atoms. The van der Waals surface area contributed by atoms with Crippen LogP contribution in [0.15, 0.2) is 53.6 Å². The Morgan fingerprint density at radius 3 is 2.67 bits per heavy atom. The maximum Gasteiger partial charge on any atom is 0.245 e. The number of para-hydroxylation sites is 1. The number of benzene rings is 2. The number of fused-ring (bicyclic) bond motifs is 2. The highest BCUT2D eigenvalue weighted by Crippen LogP contribution is 2.34. The zero-order chi connectivity index (χ0) is 23.0. The molecule has 5 rings (SSSR count). The zero-order valence-electron chi connectivity index (χ0n) is 18.2. The molecule has 0 unspecified atom stereocenters. The molecule has 1 amide bonds. The normalized spacial score (nSPS) is 16.8. The van der Waals surface area contributed by atoms with Crippen molar-refractivity contribution in [2.45, 2.75) is 11.8 Å². The van der Waals surface area contributed by atoms with Gasteiger partial charge in [-0.3, -0.25) is 14.7 Å². The molecule has 3 heterocycles. The van der Waals surface area contributed by atoms with Gasteiger partial charge in [0.2, 0.25) is 22.7 Å². The lowest BCUT2D eigenvalue weighted by Gasteiger charge is -2.33. The van der Waals surface area contributed by atoms with E-state index in [0.29, 0.717) is 48.9 Å². The maximum atomic E-state index is 13.3. The highest BCUT2D eigenvalue weighted by Gasteiger charge is 2.30. The van der Waals surface area contributed by atoms with Crippen molar-refractivity contribution in [1.29, 1.82) is 0 Å². The number of aryl methyl sites for hydroxylation is 1. The number of pyridine rings is 1. The summed E-state index contributed by atoms with van der Waals surface area (Å²) in [6.07, 6.45) is 1.68. The van der Waals surface area contributed by atoms with Crippen molar-refractivity contribution in [1.82, 2.24) is 14.2 Å². The fraction of sp³-hybridized carbons (Fsp3) is 0.304. The second-order valence-corrected chi connectivity index (χ2v) is 10.0. The molecule has 9 nitrogen and oxygen atoms in total. The molecular weight excluding hydrogens is 444 g/mol. The van der Waals surface area contributed by atoms with Gasteiger partial charge in [0.25, 0.3) is 0 Å². The van der Waals surface area contributed by atoms with Gasteiger partial charge in [0.05, 0.1) is 12.1 Å². The van der Waals surface area contributed by atoms with E-state index in [0.717, 1.165) is 10.9 Å². The summed E-state index contributed by atoms with van der Waals surface area (Å²) in [5.74, 6) is 1.09. The van der Waals surface area contributed by atoms with Gasteiger partial charge in [-0.1, -0.05) is 12.1 Å². The summed E-state index contributed by atoms with van der Waals surface area (Å²) in [4.78, 5) is 19.0. The third kappa shape index (κ3) is 4.37. The fourth-order valence-electron chi connectivity index (χ4n) is 4.10. The van der Waals surface area contributed by atoms with Gasteiger partial charge in [-0.2, -0.15) is 4.31 Å². The van der Waals surface area contributed by atoms with E-state index < -0.39 is 10.0 Å². The van der Waals surface area contributed by atoms with E-state index in [2.05, 4.69) is 10.3 Å². The van der Waals surface area contributed by atoms with E-state index >= 15 is 0 Å². The molecule has 10 heteroatoms. The third-order valence-electron chi connectivity index (χ3n) is 5.78. The second kappa shape index (κ2) is 8.62. The SMILES string of the molecule is Cc1cnc2c(S(=O)(=O)N3CCN(CC(=O)Nc4ccc5c(c4)OCO5)CC3)cccc2c1. The highest BCUT2D eigenvalue weighted by atomic mass is 32.2. The van der Waals surface area contributed by atoms with Crippen LogP contribution in [0.3, 0.4) is 0 Å². The summed E-state index contributed by atoms with van der Waals surface area (Å²) in [7, 11) is -3.69. The molecule has 0 spiro atoms. The van der Waals surface area contributed by atoms with Crippen LogP contribution in [0.5, 0.6) is 11.5 Å². The molecule has 1 fully saturated rings. The number of aromatic nitrogens is 1. The van der Waals surface area contributed by atoms with Gasteiger partial charge in [-0.15, -0.1) is 0 Å². The number of sulfonamides is 1. The van der Waals surface area contributed by atoms with Gasteiger partial charge in [-0.05, 0) is 36.8 Å². The number of nitrogens with zero attached hydrogens (tertiary/aromatic N) is 3. The molecule has 0 aliphatic carbocycles. The van der Waals surface area contributed by atoms with Gasteiger partial charge < -0.3 is 14.8 Å². The lowest BCUT2D eigenvalue weighted by atomic mass is 10.2. The Morgan fingerprint density at radius 1 is 1.06 bits per heavy atom. The van der Waals surface area contributed by atoms with Crippen LogP contribution in [0.25, 0.3) is 10.9 Å². The lowest BCUT2D eigenvalue weighted by molar-refractivity contribution is -0.117. The van der Waals surface area contributed by atoms with Crippen LogP contribution < -0.4 is 14.8 Å². The Morgan fingerprint density at radius 2 is 1.85 bits per heavy atom. The Balaban J connectivity index is 1.21. The minimum atomic E-state index is -3.69. The third-order valence-corrected chi connectivity index (χ3v) is 7.71. The minimum absolute atomic E-state index is 0.168. The van der Waals surface area contributed by atoms with Crippen LogP contribution in [0.1, 0.15) is 5.56 Å². The summed E-state index contributed by atoms with van der Waals surface area (Å²) >= 11 is 0. The zero-order valence-corrected chi connectivity index (χ0v) is 19.0. The smallest absolute Gasteiger partial charge is 0.245 e. The molecule has 2 aliphatic rings. The van der Waals surface area contributed by atoms with Crippen LogP contribution in [0.4, 0.5) is 5.69 Å². The first-order valence-electron chi connectivity index (χ1n) is 10.7. The number of ether oxygens (including phenoxy) is 2.